The molecule has 2 aromatic rings. The number of hydrogen-bond donors (Lipinski definition) is 2. The molecule has 0 saturated heterocycles. The molecule has 0 fully saturated rings. The minimum Gasteiger partial charge on any atom is -0.452 e. The summed E-state index contributed by atoms with van der Waals surface area (Å²) >= 11 is 0. The van der Waals surface area contributed by atoms with Gasteiger partial charge in [0.2, 0.25) is 0 Å². The van der Waals surface area contributed by atoms with Crippen LogP contribution in [-0.4, -0.2) is 30.5 Å². The zero-order valence-corrected chi connectivity index (χ0v) is 14.7. The average molecular weight is 357 g/mol. The quantitative estimate of drug-likeness (QED) is 0.467. The monoisotopic (exact) mass is 357 g/mol. The Morgan fingerprint density at radius 2 is 1.85 bits per heavy atom. The molecule has 0 radical (unpaired) electrons. The van der Waals surface area contributed by atoms with Gasteiger partial charge in [0.05, 0.1) is 10.5 Å². The fraction of sp³-hybridized carbons (Fsp3) is 0.222. The van der Waals surface area contributed by atoms with E-state index in [0.29, 0.717) is 16.8 Å². The number of amides is 1. The number of aryl methyl sites for hydroxylation is 1. The summed E-state index contributed by atoms with van der Waals surface area (Å²) in [6.45, 7) is 2.90. The lowest BCUT2D eigenvalue weighted by molar-refractivity contribution is -0.384. The summed E-state index contributed by atoms with van der Waals surface area (Å²) in [6.07, 6.45) is 0. The molecule has 0 unspecified atom stereocenters. The van der Waals surface area contributed by atoms with Gasteiger partial charge in [0.15, 0.2) is 6.61 Å². The van der Waals surface area contributed by atoms with Gasteiger partial charge in [-0.15, -0.1) is 0 Å². The Labute approximate surface area is 150 Å². The predicted molar refractivity (Wildman–Crippen MR) is 97.5 cm³/mol. The summed E-state index contributed by atoms with van der Waals surface area (Å²) in [4.78, 5) is 34.8. The van der Waals surface area contributed by atoms with Gasteiger partial charge in [-0.3, -0.25) is 14.9 Å². The van der Waals surface area contributed by atoms with Crippen LogP contribution in [0.5, 0.6) is 0 Å². The molecule has 0 saturated carbocycles. The molecule has 0 heterocycles. The Balaban J connectivity index is 2.09. The number of benzene rings is 2. The maximum absolute atomic E-state index is 12.1. The molecule has 136 valence electrons. The second-order valence-corrected chi connectivity index (χ2v) is 5.58. The van der Waals surface area contributed by atoms with E-state index in [1.165, 1.54) is 6.07 Å². The third-order valence-corrected chi connectivity index (χ3v) is 3.93. The fourth-order valence-corrected chi connectivity index (χ4v) is 2.37. The van der Waals surface area contributed by atoms with Gasteiger partial charge in [0, 0.05) is 18.8 Å². The number of ether oxygens (including phenoxy) is 1. The molecule has 0 aliphatic rings. The van der Waals surface area contributed by atoms with Crippen LogP contribution in [0.1, 0.15) is 21.5 Å². The molecule has 0 bridgehead atoms. The molecule has 0 atom stereocenters. The summed E-state index contributed by atoms with van der Waals surface area (Å²) in [6, 6.07) is 9.65. The topological polar surface area (TPSA) is 111 Å². The van der Waals surface area contributed by atoms with Crippen molar-refractivity contribution in [1.29, 1.82) is 0 Å². The van der Waals surface area contributed by atoms with Gasteiger partial charge in [-0.2, -0.15) is 0 Å². The summed E-state index contributed by atoms with van der Waals surface area (Å²) in [7, 11) is 1.67. The van der Waals surface area contributed by atoms with Crippen molar-refractivity contribution >= 4 is 28.9 Å². The number of nitro groups is 1. The van der Waals surface area contributed by atoms with Crippen molar-refractivity contribution in [2.24, 2.45) is 0 Å². The molecule has 8 heteroatoms. The molecule has 2 aromatic carbocycles. The third kappa shape index (κ3) is 4.15. The first kappa shape index (κ1) is 18.9. The predicted octanol–water partition coefficient (Wildman–Crippen LogP) is 3.05. The number of anilines is 2. The highest BCUT2D eigenvalue weighted by molar-refractivity contribution is 5.99. The first-order valence-corrected chi connectivity index (χ1v) is 7.83. The molecule has 2 rings (SSSR count). The Kier molecular flexibility index (Phi) is 5.90. The summed E-state index contributed by atoms with van der Waals surface area (Å²) in [5, 5.41) is 16.5. The van der Waals surface area contributed by atoms with Crippen LogP contribution in [0.25, 0.3) is 0 Å². The zero-order chi connectivity index (χ0) is 19.3. The van der Waals surface area contributed by atoms with Crippen LogP contribution in [0.3, 0.4) is 0 Å². The lowest BCUT2D eigenvalue weighted by atomic mass is 10.1. The van der Waals surface area contributed by atoms with Gasteiger partial charge < -0.3 is 15.4 Å². The van der Waals surface area contributed by atoms with Crippen LogP contribution in [0.4, 0.5) is 17.1 Å². The van der Waals surface area contributed by atoms with Crippen LogP contribution in [0, 0.1) is 24.0 Å². The van der Waals surface area contributed by atoms with E-state index in [1.807, 2.05) is 0 Å². The standard InChI is InChI=1S/C18H19N3O5/c1-11-8-9-15(21(24)25)17(12(11)2)20-16(22)10-26-18(23)13-6-4-5-7-14(13)19-3/h4-9,19H,10H2,1-3H3,(H,20,22). The minimum atomic E-state index is -0.666. The van der Waals surface area contributed by atoms with E-state index in [9.17, 15) is 19.7 Å². The van der Waals surface area contributed by atoms with Crippen molar-refractivity contribution in [1.82, 2.24) is 0 Å². The van der Waals surface area contributed by atoms with Gasteiger partial charge >= 0.3 is 5.97 Å². The minimum absolute atomic E-state index is 0.103. The van der Waals surface area contributed by atoms with Gasteiger partial charge in [-0.25, -0.2) is 4.79 Å². The van der Waals surface area contributed by atoms with E-state index >= 15 is 0 Å². The molecule has 0 aliphatic heterocycles. The highest BCUT2D eigenvalue weighted by atomic mass is 16.6. The van der Waals surface area contributed by atoms with E-state index in [0.717, 1.165) is 5.56 Å². The number of rotatable bonds is 6. The van der Waals surface area contributed by atoms with Crippen LogP contribution >= 0.6 is 0 Å². The Bertz CT molecular complexity index is 864. The number of hydrogen-bond acceptors (Lipinski definition) is 6. The number of nitrogens with one attached hydrogen (secondary N) is 2. The number of para-hydroxylation sites is 1. The summed E-state index contributed by atoms with van der Waals surface area (Å²) in [5.41, 5.74) is 2.13. The number of carbonyl (C=O) groups is 2. The van der Waals surface area contributed by atoms with Gasteiger partial charge in [0.1, 0.15) is 5.69 Å². The number of carbonyl (C=O) groups excluding carboxylic acids is 2. The van der Waals surface area contributed by atoms with Crippen molar-refractivity contribution in [3.8, 4) is 0 Å². The molecule has 0 aliphatic carbocycles. The third-order valence-electron chi connectivity index (χ3n) is 3.93. The number of nitro benzene ring substituents is 1. The molecule has 8 nitrogen and oxygen atoms in total. The highest BCUT2D eigenvalue weighted by Gasteiger charge is 2.20. The molecular formula is C18H19N3O5. The smallest absolute Gasteiger partial charge is 0.340 e. The van der Waals surface area contributed by atoms with Crippen LogP contribution in [0.2, 0.25) is 0 Å². The normalized spacial score (nSPS) is 10.1. The molecular weight excluding hydrogens is 338 g/mol. The van der Waals surface area contributed by atoms with Gasteiger partial charge in [0.25, 0.3) is 11.6 Å². The Morgan fingerprint density at radius 3 is 2.50 bits per heavy atom. The van der Waals surface area contributed by atoms with Crippen molar-refractivity contribution < 1.29 is 19.2 Å². The lowest BCUT2D eigenvalue weighted by Gasteiger charge is -2.12. The van der Waals surface area contributed by atoms with E-state index in [1.54, 1.807) is 51.2 Å². The summed E-state index contributed by atoms with van der Waals surface area (Å²) in [5.74, 6) is -1.32. The molecule has 0 aromatic heterocycles. The molecule has 2 N–H and O–H groups in total. The van der Waals surface area contributed by atoms with Crippen molar-refractivity contribution in [3.05, 3.63) is 63.2 Å². The zero-order valence-electron chi connectivity index (χ0n) is 14.7. The first-order chi connectivity index (χ1) is 12.3. The fourth-order valence-electron chi connectivity index (χ4n) is 2.37. The van der Waals surface area contributed by atoms with Crippen LogP contribution in [0.15, 0.2) is 36.4 Å². The average Bonchev–Trinajstić information content (AvgIpc) is 2.63. The molecule has 0 spiro atoms. The van der Waals surface area contributed by atoms with E-state index < -0.39 is 23.4 Å². The number of esters is 1. The first-order valence-electron chi connectivity index (χ1n) is 7.83. The van der Waals surface area contributed by atoms with Gasteiger partial charge in [-0.05, 0) is 37.1 Å². The Hall–Kier alpha value is -3.42. The molecule has 26 heavy (non-hydrogen) atoms. The van der Waals surface area contributed by atoms with Crippen LogP contribution < -0.4 is 10.6 Å². The Morgan fingerprint density at radius 1 is 1.15 bits per heavy atom. The van der Waals surface area contributed by atoms with Crippen molar-refractivity contribution in [2.45, 2.75) is 13.8 Å². The maximum atomic E-state index is 12.1. The van der Waals surface area contributed by atoms with Crippen molar-refractivity contribution in [2.75, 3.05) is 24.3 Å². The second-order valence-electron chi connectivity index (χ2n) is 5.58. The summed E-state index contributed by atoms with van der Waals surface area (Å²) < 4.78 is 5.01. The highest BCUT2D eigenvalue weighted by Crippen LogP contribution is 2.30. The largest absolute Gasteiger partial charge is 0.452 e. The van der Waals surface area contributed by atoms with Gasteiger partial charge in [-0.1, -0.05) is 18.2 Å². The SMILES string of the molecule is CNc1ccccc1C(=O)OCC(=O)Nc1c([N+](=O)[O-])ccc(C)c1C. The molecule has 1 amide bonds. The number of nitrogens with zero attached hydrogens (tertiary/aromatic N) is 1. The second kappa shape index (κ2) is 8.11. The maximum Gasteiger partial charge on any atom is 0.340 e. The van der Waals surface area contributed by atoms with E-state index in [2.05, 4.69) is 10.6 Å². The lowest BCUT2D eigenvalue weighted by Crippen LogP contribution is -2.22. The van der Waals surface area contributed by atoms with E-state index in [-0.39, 0.29) is 11.4 Å². The van der Waals surface area contributed by atoms with E-state index in [4.69, 9.17) is 4.74 Å². The van der Waals surface area contributed by atoms with Crippen LogP contribution in [-0.2, 0) is 9.53 Å². The van der Waals surface area contributed by atoms with Crippen molar-refractivity contribution in [3.63, 3.8) is 0 Å².